The molecule has 1 aromatic carbocycles. The molecule has 5 nitrogen and oxygen atoms in total. The van der Waals surface area contributed by atoms with Crippen molar-refractivity contribution in [1.29, 1.82) is 0 Å². The molecular formula is C16H19N5. The van der Waals surface area contributed by atoms with Gasteiger partial charge in [0.15, 0.2) is 5.65 Å². The lowest BCUT2D eigenvalue weighted by Crippen LogP contribution is -2.23. The molecule has 0 saturated carbocycles. The van der Waals surface area contributed by atoms with Gasteiger partial charge in [0.2, 0.25) is 0 Å². The largest absolute Gasteiger partial charge is 0.352 e. The summed E-state index contributed by atoms with van der Waals surface area (Å²) in [5.41, 5.74) is 3.44. The maximum Gasteiger partial charge on any atom is 0.163 e. The summed E-state index contributed by atoms with van der Waals surface area (Å²) in [5.74, 6) is 0.906. The van der Waals surface area contributed by atoms with Crippen LogP contribution in [0.5, 0.6) is 0 Å². The van der Waals surface area contributed by atoms with Crippen LogP contribution in [0, 0.1) is 6.92 Å². The smallest absolute Gasteiger partial charge is 0.163 e. The number of hydrogen-bond donors (Lipinski definition) is 0. The molecule has 0 aliphatic rings. The monoisotopic (exact) mass is 281 g/mol. The topological polar surface area (TPSA) is 46.8 Å². The van der Waals surface area contributed by atoms with Crippen molar-refractivity contribution in [3.05, 3.63) is 47.9 Å². The van der Waals surface area contributed by atoms with Crippen LogP contribution >= 0.6 is 0 Å². The minimum Gasteiger partial charge on any atom is -0.352 e. The summed E-state index contributed by atoms with van der Waals surface area (Å²) < 4.78 is 1.77. The van der Waals surface area contributed by atoms with Crippen molar-refractivity contribution in [2.24, 2.45) is 7.05 Å². The van der Waals surface area contributed by atoms with Crippen LogP contribution in [0.2, 0.25) is 0 Å². The molecule has 108 valence electrons. The van der Waals surface area contributed by atoms with Crippen molar-refractivity contribution < 1.29 is 0 Å². The number of nitrogens with zero attached hydrogens (tertiary/aromatic N) is 5. The van der Waals surface area contributed by atoms with Crippen LogP contribution in [0.15, 0.2) is 36.8 Å². The van der Waals surface area contributed by atoms with E-state index in [1.54, 1.807) is 11.0 Å². The lowest BCUT2D eigenvalue weighted by Gasteiger charge is -2.27. The first kappa shape index (κ1) is 13.5. The molecule has 0 N–H and O–H groups in total. The third kappa shape index (κ3) is 2.24. The zero-order chi connectivity index (χ0) is 15.0. The third-order valence-corrected chi connectivity index (χ3v) is 4.06. The van der Waals surface area contributed by atoms with Crippen molar-refractivity contribution in [3.8, 4) is 0 Å². The van der Waals surface area contributed by atoms with Gasteiger partial charge in [-0.25, -0.2) is 9.97 Å². The molecule has 0 bridgehead atoms. The second kappa shape index (κ2) is 5.16. The van der Waals surface area contributed by atoms with Gasteiger partial charge in [-0.15, -0.1) is 0 Å². The van der Waals surface area contributed by atoms with E-state index in [9.17, 15) is 0 Å². The van der Waals surface area contributed by atoms with Crippen LogP contribution in [-0.2, 0) is 7.05 Å². The molecule has 0 radical (unpaired) electrons. The lowest BCUT2D eigenvalue weighted by atomic mass is 10.0. The first-order chi connectivity index (χ1) is 10.1. The van der Waals surface area contributed by atoms with Gasteiger partial charge in [-0.3, -0.25) is 4.68 Å². The highest BCUT2D eigenvalue weighted by molar-refractivity contribution is 5.86. The maximum absolute atomic E-state index is 4.46. The molecule has 0 unspecified atom stereocenters. The predicted molar refractivity (Wildman–Crippen MR) is 84.3 cm³/mol. The molecule has 2 heterocycles. The van der Waals surface area contributed by atoms with Gasteiger partial charge in [-0.2, -0.15) is 5.10 Å². The maximum atomic E-state index is 4.46. The van der Waals surface area contributed by atoms with Gasteiger partial charge >= 0.3 is 0 Å². The molecule has 3 aromatic rings. The summed E-state index contributed by atoms with van der Waals surface area (Å²) in [4.78, 5) is 10.9. The van der Waals surface area contributed by atoms with E-state index in [0.29, 0.717) is 0 Å². The van der Waals surface area contributed by atoms with E-state index < -0.39 is 0 Å². The summed E-state index contributed by atoms with van der Waals surface area (Å²) in [5, 5.41) is 5.25. The molecule has 0 aliphatic heterocycles. The van der Waals surface area contributed by atoms with Gasteiger partial charge in [0.25, 0.3) is 0 Å². The number of aryl methyl sites for hydroxylation is 2. The molecule has 1 atom stereocenters. The average molecular weight is 281 g/mol. The van der Waals surface area contributed by atoms with Crippen LogP contribution in [-0.4, -0.2) is 26.8 Å². The Bertz CT molecular complexity index is 777. The van der Waals surface area contributed by atoms with Gasteiger partial charge in [-0.05, 0) is 25.0 Å². The van der Waals surface area contributed by atoms with Crippen LogP contribution in [0.1, 0.15) is 24.1 Å². The summed E-state index contributed by atoms with van der Waals surface area (Å²) in [7, 11) is 3.95. The van der Waals surface area contributed by atoms with E-state index in [-0.39, 0.29) is 6.04 Å². The first-order valence-electron chi connectivity index (χ1n) is 7.00. The Hall–Kier alpha value is -2.43. The van der Waals surface area contributed by atoms with Crippen LogP contribution in [0.25, 0.3) is 11.0 Å². The quantitative estimate of drug-likeness (QED) is 0.740. The van der Waals surface area contributed by atoms with E-state index in [1.807, 2.05) is 13.2 Å². The molecule has 0 spiro atoms. The highest BCUT2D eigenvalue weighted by atomic mass is 15.3. The SMILES string of the molecule is Cc1ccccc1[C@@H](C)N(C)c1ncnc2c1cnn2C. The summed E-state index contributed by atoms with van der Waals surface area (Å²) in [6, 6.07) is 8.67. The molecule has 3 rings (SSSR count). The number of hydrogen-bond acceptors (Lipinski definition) is 4. The van der Waals surface area contributed by atoms with Crippen LogP contribution < -0.4 is 4.90 Å². The highest BCUT2D eigenvalue weighted by Gasteiger charge is 2.18. The molecule has 0 saturated heterocycles. The fraction of sp³-hybridized carbons (Fsp3) is 0.312. The van der Waals surface area contributed by atoms with E-state index in [2.05, 4.69) is 65.1 Å². The minimum atomic E-state index is 0.226. The van der Waals surface area contributed by atoms with E-state index >= 15 is 0 Å². The van der Waals surface area contributed by atoms with E-state index in [4.69, 9.17) is 0 Å². The number of anilines is 1. The third-order valence-electron chi connectivity index (χ3n) is 4.06. The second-order valence-electron chi connectivity index (χ2n) is 5.35. The Morgan fingerprint density at radius 3 is 2.71 bits per heavy atom. The van der Waals surface area contributed by atoms with Crippen LogP contribution in [0.4, 0.5) is 5.82 Å². The number of rotatable bonds is 3. The van der Waals surface area contributed by atoms with Crippen molar-refractivity contribution in [2.45, 2.75) is 19.9 Å². The molecule has 5 heteroatoms. The molecule has 2 aromatic heterocycles. The zero-order valence-corrected chi connectivity index (χ0v) is 12.8. The fourth-order valence-corrected chi connectivity index (χ4v) is 2.68. The Kier molecular flexibility index (Phi) is 3.33. The molecule has 0 fully saturated rings. The summed E-state index contributed by atoms with van der Waals surface area (Å²) in [6.45, 7) is 4.33. The molecule has 21 heavy (non-hydrogen) atoms. The normalized spacial score (nSPS) is 12.6. The second-order valence-corrected chi connectivity index (χ2v) is 5.35. The standard InChI is InChI=1S/C16H19N5/c1-11-7-5-6-8-13(11)12(2)20(3)15-14-9-19-21(4)16(14)18-10-17-15/h5-10,12H,1-4H3/t12-/m1/s1. The Labute approximate surface area is 124 Å². The van der Waals surface area contributed by atoms with Gasteiger partial charge in [0.05, 0.1) is 17.6 Å². The molecule has 0 aliphatic carbocycles. The number of aromatic nitrogens is 4. The Morgan fingerprint density at radius 2 is 1.95 bits per heavy atom. The zero-order valence-electron chi connectivity index (χ0n) is 12.8. The van der Waals surface area contributed by atoms with E-state index in [1.165, 1.54) is 11.1 Å². The molecule has 0 amide bonds. The summed E-state index contributed by atoms with van der Waals surface area (Å²) >= 11 is 0. The average Bonchev–Trinajstić information content (AvgIpc) is 2.88. The Morgan fingerprint density at radius 1 is 1.19 bits per heavy atom. The summed E-state index contributed by atoms with van der Waals surface area (Å²) in [6.07, 6.45) is 3.42. The highest BCUT2D eigenvalue weighted by Crippen LogP contribution is 2.29. The van der Waals surface area contributed by atoms with Crippen molar-refractivity contribution in [2.75, 3.05) is 11.9 Å². The van der Waals surface area contributed by atoms with Crippen molar-refractivity contribution in [1.82, 2.24) is 19.7 Å². The van der Waals surface area contributed by atoms with Crippen LogP contribution in [0.3, 0.4) is 0 Å². The van der Waals surface area contributed by atoms with Crippen molar-refractivity contribution in [3.63, 3.8) is 0 Å². The van der Waals surface area contributed by atoms with Gasteiger partial charge in [0, 0.05) is 14.1 Å². The van der Waals surface area contributed by atoms with Gasteiger partial charge in [0.1, 0.15) is 12.1 Å². The lowest BCUT2D eigenvalue weighted by molar-refractivity contribution is 0.725. The molecular weight excluding hydrogens is 262 g/mol. The van der Waals surface area contributed by atoms with Gasteiger partial charge in [-0.1, -0.05) is 24.3 Å². The number of fused-ring (bicyclic) bond motifs is 1. The van der Waals surface area contributed by atoms with Crippen molar-refractivity contribution >= 4 is 16.9 Å². The fourth-order valence-electron chi connectivity index (χ4n) is 2.68. The Balaban J connectivity index is 2.04. The van der Waals surface area contributed by atoms with Gasteiger partial charge < -0.3 is 4.90 Å². The minimum absolute atomic E-state index is 0.226. The predicted octanol–water partition coefficient (Wildman–Crippen LogP) is 2.87. The van der Waals surface area contributed by atoms with E-state index in [0.717, 1.165) is 16.9 Å². The number of benzene rings is 1. The first-order valence-corrected chi connectivity index (χ1v) is 7.00.